The number of anilines is 1. The van der Waals surface area contributed by atoms with E-state index >= 15 is 0 Å². The number of amides is 3. The third-order valence-electron chi connectivity index (χ3n) is 5.51. The van der Waals surface area contributed by atoms with Gasteiger partial charge in [0.2, 0.25) is 5.91 Å². The topological polar surface area (TPSA) is 59.1 Å². The minimum Gasteiger partial charge on any atom is -0.490 e. The molecule has 6 heteroatoms. The molecule has 0 saturated carbocycles. The Morgan fingerprint density at radius 3 is 2.31 bits per heavy atom. The normalized spacial score (nSPS) is 18.4. The first kappa shape index (κ1) is 19.3. The number of imide groups is 1. The van der Waals surface area contributed by atoms with Gasteiger partial charge >= 0.3 is 6.03 Å². The van der Waals surface area contributed by atoms with Crippen LogP contribution in [-0.2, 0) is 11.2 Å². The van der Waals surface area contributed by atoms with Crippen molar-refractivity contribution in [2.24, 2.45) is 0 Å². The fraction of sp³-hybridized carbons (Fsp3) is 0.391. The average molecular weight is 394 g/mol. The van der Waals surface area contributed by atoms with E-state index in [0.29, 0.717) is 31.2 Å². The predicted molar refractivity (Wildman–Crippen MR) is 111 cm³/mol. The molecule has 2 aliphatic rings. The standard InChI is InChI=1S/C23H26N2O4/c1-4-28-20-12-16-10-11-24-19(18(16)13-21(20)29-5-2)14-22(26)25(23(24)27)17-8-6-15(3)7-9-17/h6-9,12-13,19H,4-5,10-11,14H2,1-3H3. The van der Waals surface area contributed by atoms with E-state index < -0.39 is 0 Å². The number of hydrogen-bond donors (Lipinski definition) is 0. The molecule has 2 aromatic carbocycles. The molecule has 0 N–H and O–H groups in total. The van der Waals surface area contributed by atoms with Gasteiger partial charge in [-0.05, 0) is 62.6 Å². The maximum atomic E-state index is 13.2. The Kier molecular flexibility index (Phi) is 5.18. The monoisotopic (exact) mass is 394 g/mol. The van der Waals surface area contributed by atoms with Gasteiger partial charge in [0.05, 0.1) is 31.4 Å². The molecular weight excluding hydrogens is 368 g/mol. The fourth-order valence-corrected chi connectivity index (χ4v) is 4.13. The van der Waals surface area contributed by atoms with E-state index in [0.717, 1.165) is 28.9 Å². The number of rotatable bonds is 5. The van der Waals surface area contributed by atoms with Gasteiger partial charge in [-0.3, -0.25) is 4.79 Å². The third kappa shape index (κ3) is 3.43. The molecule has 0 spiro atoms. The van der Waals surface area contributed by atoms with Crippen molar-refractivity contribution in [2.45, 2.75) is 39.7 Å². The van der Waals surface area contributed by atoms with Crippen LogP contribution < -0.4 is 14.4 Å². The Labute approximate surface area is 171 Å². The summed E-state index contributed by atoms with van der Waals surface area (Å²) in [5.41, 5.74) is 3.80. The Bertz CT molecular complexity index is 939. The molecule has 2 aromatic rings. The number of carbonyl (C=O) groups excluding carboxylic acids is 2. The molecule has 1 saturated heterocycles. The summed E-state index contributed by atoms with van der Waals surface area (Å²) in [4.78, 5) is 29.3. The van der Waals surface area contributed by atoms with Gasteiger partial charge in [0.25, 0.3) is 0 Å². The summed E-state index contributed by atoms with van der Waals surface area (Å²) < 4.78 is 11.5. The van der Waals surface area contributed by atoms with Crippen molar-refractivity contribution in [3.63, 3.8) is 0 Å². The predicted octanol–water partition coefficient (Wildman–Crippen LogP) is 4.25. The number of hydrogen-bond acceptors (Lipinski definition) is 4. The van der Waals surface area contributed by atoms with Crippen LogP contribution >= 0.6 is 0 Å². The summed E-state index contributed by atoms with van der Waals surface area (Å²) in [7, 11) is 0. The lowest BCUT2D eigenvalue weighted by Crippen LogP contribution is -2.55. The van der Waals surface area contributed by atoms with E-state index in [1.807, 2.05) is 57.2 Å². The lowest BCUT2D eigenvalue weighted by molar-refractivity contribution is -0.120. The van der Waals surface area contributed by atoms with Crippen LogP contribution in [0.4, 0.5) is 10.5 Å². The average Bonchev–Trinajstić information content (AvgIpc) is 2.70. The zero-order chi connectivity index (χ0) is 20.5. The second kappa shape index (κ2) is 7.78. The summed E-state index contributed by atoms with van der Waals surface area (Å²) in [6.07, 6.45) is 0.978. The van der Waals surface area contributed by atoms with Crippen LogP contribution in [0.5, 0.6) is 11.5 Å². The Hall–Kier alpha value is -3.02. The number of fused-ring (bicyclic) bond motifs is 3. The van der Waals surface area contributed by atoms with E-state index in [2.05, 4.69) is 0 Å². The van der Waals surface area contributed by atoms with Crippen LogP contribution in [0.1, 0.15) is 43.0 Å². The van der Waals surface area contributed by atoms with Crippen molar-refractivity contribution in [2.75, 3.05) is 24.7 Å². The summed E-state index contributed by atoms with van der Waals surface area (Å²) >= 11 is 0. The SMILES string of the molecule is CCOc1cc2c(cc1OCC)C1CC(=O)N(c3ccc(C)cc3)C(=O)N1CC2. The van der Waals surface area contributed by atoms with Gasteiger partial charge in [-0.25, -0.2) is 9.69 Å². The van der Waals surface area contributed by atoms with E-state index in [9.17, 15) is 9.59 Å². The van der Waals surface area contributed by atoms with Gasteiger partial charge in [-0.15, -0.1) is 0 Å². The summed E-state index contributed by atoms with van der Waals surface area (Å²) in [6, 6.07) is 10.9. The highest BCUT2D eigenvalue weighted by molar-refractivity contribution is 6.16. The second-order valence-electron chi connectivity index (χ2n) is 7.37. The number of nitrogens with zero attached hydrogens (tertiary/aromatic N) is 2. The van der Waals surface area contributed by atoms with Crippen LogP contribution in [0.2, 0.25) is 0 Å². The first-order valence-corrected chi connectivity index (χ1v) is 10.2. The summed E-state index contributed by atoms with van der Waals surface area (Å²) in [5.74, 6) is 1.20. The Balaban J connectivity index is 1.69. The number of aryl methyl sites for hydroxylation is 1. The lowest BCUT2D eigenvalue weighted by atomic mass is 9.88. The van der Waals surface area contributed by atoms with E-state index in [-0.39, 0.29) is 24.4 Å². The molecule has 2 aliphatic heterocycles. The highest BCUT2D eigenvalue weighted by Crippen LogP contribution is 2.42. The van der Waals surface area contributed by atoms with Crippen molar-refractivity contribution in [3.05, 3.63) is 53.1 Å². The fourth-order valence-electron chi connectivity index (χ4n) is 4.13. The van der Waals surface area contributed by atoms with Crippen molar-refractivity contribution < 1.29 is 19.1 Å². The zero-order valence-electron chi connectivity index (χ0n) is 17.1. The van der Waals surface area contributed by atoms with Crippen LogP contribution in [0.25, 0.3) is 0 Å². The molecule has 0 bridgehead atoms. The molecule has 1 fully saturated rings. The molecule has 0 aromatic heterocycles. The Morgan fingerprint density at radius 2 is 1.66 bits per heavy atom. The summed E-state index contributed by atoms with van der Waals surface area (Å²) in [5, 5.41) is 0. The van der Waals surface area contributed by atoms with Crippen molar-refractivity contribution in [1.82, 2.24) is 4.90 Å². The number of urea groups is 1. The zero-order valence-corrected chi connectivity index (χ0v) is 17.1. The van der Waals surface area contributed by atoms with Crippen molar-refractivity contribution >= 4 is 17.6 Å². The molecule has 3 amide bonds. The quantitative estimate of drug-likeness (QED) is 0.761. The molecule has 6 nitrogen and oxygen atoms in total. The first-order valence-electron chi connectivity index (χ1n) is 10.2. The van der Waals surface area contributed by atoms with Crippen LogP contribution in [-0.4, -0.2) is 36.6 Å². The van der Waals surface area contributed by atoms with Gasteiger partial charge in [-0.1, -0.05) is 17.7 Å². The van der Waals surface area contributed by atoms with E-state index in [4.69, 9.17) is 9.47 Å². The van der Waals surface area contributed by atoms with Crippen LogP contribution in [0, 0.1) is 6.92 Å². The highest BCUT2D eigenvalue weighted by Gasteiger charge is 2.43. The molecule has 29 heavy (non-hydrogen) atoms. The smallest absolute Gasteiger partial charge is 0.331 e. The van der Waals surface area contributed by atoms with Gasteiger partial charge in [0, 0.05) is 6.54 Å². The van der Waals surface area contributed by atoms with E-state index in [1.54, 1.807) is 4.90 Å². The molecule has 152 valence electrons. The molecule has 4 rings (SSSR count). The lowest BCUT2D eigenvalue weighted by Gasteiger charge is -2.43. The number of benzene rings is 2. The minimum absolute atomic E-state index is 0.181. The second-order valence-corrected chi connectivity index (χ2v) is 7.37. The van der Waals surface area contributed by atoms with Crippen LogP contribution in [0.15, 0.2) is 36.4 Å². The van der Waals surface area contributed by atoms with Gasteiger partial charge in [-0.2, -0.15) is 0 Å². The van der Waals surface area contributed by atoms with Crippen molar-refractivity contribution in [3.8, 4) is 11.5 Å². The first-order chi connectivity index (χ1) is 14.0. The molecule has 2 heterocycles. The third-order valence-corrected chi connectivity index (χ3v) is 5.51. The maximum Gasteiger partial charge on any atom is 0.331 e. The number of ether oxygens (including phenoxy) is 2. The number of carbonyl (C=O) groups is 2. The Morgan fingerprint density at radius 1 is 1.00 bits per heavy atom. The summed E-state index contributed by atoms with van der Waals surface area (Å²) in [6.45, 7) is 7.49. The van der Waals surface area contributed by atoms with E-state index in [1.165, 1.54) is 4.90 Å². The van der Waals surface area contributed by atoms with Gasteiger partial charge < -0.3 is 14.4 Å². The molecule has 1 unspecified atom stereocenters. The van der Waals surface area contributed by atoms with Crippen molar-refractivity contribution in [1.29, 1.82) is 0 Å². The highest BCUT2D eigenvalue weighted by atomic mass is 16.5. The molecule has 0 aliphatic carbocycles. The van der Waals surface area contributed by atoms with Gasteiger partial charge in [0.15, 0.2) is 11.5 Å². The molecule has 0 radical (unpaired) electrons. The maximum absolute atomic E-state index is 13.2. The minimum atomic E-state index is -0.268. The van der Waals surface area contributed by atoms with Crippen LogP contribution in [0.3, 0.4) is 0 Å². The largest absolute Gasteiger partial charge is 0.490 e. The molecular formula is C23H26N2O4. The molecule has 1 atom stereocenters. The van der Waals surface area contributed by atoms with Gasteiger partial charge in [0.1, 0.15) is 0 Å².